The van der Waals surface area contributed by atoms with Crippen LogP contribution in [-0.4, -0.2) is 83.1 Å². The van der Waals surface area contributed by atoms with E-state index in [1.54, 1.807) is 25.1 Å². The minimum Gasteiger partial charge on any atom is -0.462 e. The number of carbonyl (C=O) groups excluding carboxylic acids is 3. The van der Waals surface area contributed by atoms with E-state index >= 15 is 0 Å². The minimum atomic E-state index is -0.736. The summed E-state index contributed by atoms with van der Waals surface area (Å²) in [4.78, 5) is 40.1. The standard InChI is InChI=1S/C29H42N2O7S/c1-4-37-26(35)19-6-5-7-20(16-19)30-27(36)38-24-10-11-28(2)21(17-25(34)31-12-14-39-15-13-31)22(33)8-9-23(28)29(24,3)18-32/h5-7,16,21-24,32-33H,4,8-15,17-18H2,1-3H3,(H,30,36). The predicted molar refractivity (Wildman–Crippen MR) is 150 cm³/mol. The van der Waals surface area contributed by atoms with Crippen molar-refractivity contribution in [1.82, 2.24) is 4.90 Å². The first kappa shape index (κ1) is 29.7. The molecule has 1 aliphatic heterocycles. The van der Waals surface area contributed by atoms with Crippen LogP contribution in [0.15, 0.2) is 24.3 Å². The number of nitrogens with one attached hydrogen (secondary N) is 1. The molecule has 6 atom stereocenters. The second kappa shape index (κ2) is 12.5. The number of esters is 1. The van der Waals surface area contributed by atoms with Gasteiger partial charge in [0.05, 0.1) is 24.9 Å². The zero-order valence-electron chi connectivity index (χ0n) is 23.2. The van der Waals surface area contributed by atoms with Gasteiger partial charge in [-0.3, -0.25) is 10.1 Å². The van der Waals surface area contributed by atoms with Crippen LogP contribution in [0, 0.1) is 22.7 Å². The number of ether oxygens (including phenoxy) is 2. The van der Waals surface area contributed by atoms with Gasteiger partial charge in [0.15, 0.2) is 0 Å². The molecule has 1 heterocycles. The molecule has 1 aromatic carbocycles. The Morgan fingerprint density at radius 1 is 1.15 bits per heavy atom. The number of hydrogen-bond acceptors (Lipinski definition) is 8. The number of hydrogen-bond donors (Lipinski definition) is 3. The third-order valence-electron chi connectivity index (χ3n) is 9.30. The van der Waals surface area contributed by atoms with E-state index in [1.807, 2.05) is 23.6 Å². The summed E-state index contributed by atoms with van der Waals surface area (Å²) in [6.07, 6.45) is 0.931. The van der Waals surface area contributed by atoms with Crippen LogP contribution in [0.5, 0.6) is 0 Å². The highest BCUT2D eigenvalue weighted by Gasteiger charge is 2.60. The van der Waals surface area contributed by atoms with Gasteiger partial charge in [0.25, 0.3) is 0 Å². The SMILES string of the molecule is CCOC(=O)c1cccc(NC(=O)OC2CCC3(C)C(CC(=O)N4CCSCC4)C(O)CCC3C2(C)CO)c1. The van der Waals surface area contributed by atoms with Crippen LogP contribution < -0.4 is 5.32 Å². The van der Waals surface area contributed by atoms with Crippen molar-refractivity contribution in [3.8, 4) is 0 Å². The van der Waals surface area contributed by atoms with Crippen molar-refractivity contribution in [2.24, 2.45) is 22.7 Å². The smallest absolute Gasteiger partial charge is 0.411 e. The number of rotatable bonds is 7. The van der Waals surface area contributed by atoms with Crippen LogP contribution in [0.25, 0.3) is 0 Å². The van der Waals surface area contributed by atoms with Crippen molar-refractivity contribution in [2.45, 2.75) is 65.1 Å². The highest BCUT2D eigenvalue weighted by molar-refractivity contribution is 7.99. The molecule has 216 valence electrons. The largest absolute Gasteiger partial charge is 0.462 e. The molecule has 10 heteroatoms. The number of amides is 2. The Labute approximate surface area is 235 Å². The number of aliphatic hydroxyl groups excluding tert-OH is 2. The zero-order chi connectivity index (χ0) is 28.2. The van der Waals surface area contributed by atoms with Crippen molar-refractivity contribution < 1.29 is 34.1 Å². The van der Waals surface area contributed by atoms with E-state index in [0.29, 0.717) is 43.4 Å². The van der Waals surface area contributed by atoms with Gasteiger partial charge in [-0.1, -0.05) is 19.9 Å². The first-order chi connectivity index (χ1) is 18.6. The summed E-state index contributed by atoms with van der Waals surface area (Å²) in [5, 5.41) is 24.4. The van der Waals surface area contributed by atoms with Gasteiger partial charge in [-0.15, -0.1) is 0 Å². The molecule has 6 unspecified atom stereocenters. The van der Waals surface area contributed by atoms with Gasteiger partial charge in [0.1, 0.15) is 6.10 Å². The van der Waals surface area contributed by atoms with E-state index in [9.17, 15) is 24.6 Å². The second-order valence-electron chi connectivity index (χ2n) is 11.5. The Bertz CT molecular complexity index is 1050. The number of fused-ring (bicyclic) bond motifs is 1. The molecule has 1 saturated heterocycles. The van der Waals surface area contributed by atoms with Gasteiger partial charge < -0.3 is 24.6 Å². The summed E-state index contributed by atoms with van der Waals surface area (Å²) < 4.78 is 10.9. The molecule has 9 nitrogen and oxygen atoms in total. The first-order valence-electron chi connectivity index (χ1n) is 14.0. The highest BCUT2D eigenvalue weighted by atomic mass is 32.2. The monoisotopic (exact) mass is 562 g/mol. The number of nitrogens with zero attached hydrogens (tertiary/aromatic N) is 1. The van der Waals surface area contributed by atoms with Crippen molar-refractivity contribution >= 4 is 35.4 Å². The first-order valence-corrected chi connectivity index (χ1v) is 15.2. The van der Waals surface area contributed by atoms with E-state index in [1.165, 1.54) is 6.07 Å². The molecule has 4 rings (SSSR count). The van der Waals surface area contributed by atoms with Gasteiger partial charge in [-0.2, -0.15) is 11.8 Å². The van der Waals surface area contributed by atoms with Gasteiger partial charge in [-0.25, -0.2) is 9.59 Å². The second-order valence-corrected chi connectivity index (χ2v) is 12.8. The van der Waals surface area contributed by atoms with Crippen molar-refractivity contribution in [1.29, 1.82) is 0 Å². The number of carbonyl (C=O) groups is 3. The lowest BCUT2D eigenvalue weighted by atomic mass is 9.46. The summed E-state index contributed by atoms with van der Waals surface area (Å²) >= 11 is 1.85. The van der Waals surface area contributed by atoms with Crippen LogP contribution >= 0.6 is 11.8 Å². The van der Waals surface area contributed by atoms with Crippen LogP contribution in [-0.2, 0) is 14.3 Å². The molecule has 39 heavy (non-hydrogen) atoms. The van der Waals surface area contributed by atoms with E-state index in [2.05, 4.69) is 12.2 Å². The third-order valence-corrected chi connectivity index (χ3v) is 10.2. The molecule has 3 aliphatic rings. The van der Waals surface area contributed by atoms with Crippen molar-refractivity contribution in [3.05, 3.63) is 29.8 Å². The number of aliphatic hydroxyl groups is 2. The van der Waals surface area contributed by atoms with Gasteiger partial charge in [0.2, 0.25) is 5.91 Å². The number of anilines is 1. The molecule has 2 saturated carbocycles. The number of thioether (sulfide) groups is 1. The fourth-order valence-corrected chi connectivity index (χ4v) is 8.03. The fraction of sp³-hybridized carbons (Fsp3) is 0.690. The predicted octanol–water partition coefficient (Wildman–Crippen LogP) is 3.93. The summed E-state index contributed by atoms with van der Waals surface area (Å²) in [5.74, 6) is 1.25. The topological polar surface area (TPSA) is 125 Å². The Kier molecular flexibility index (Phi) is 9.49. The van der Waals surface area contributed by atoms with E-state index in [0.717, 1.165) is 24.6 Å². The molecule has 2 amide bonds. The highest BCUT2D eigenvalue weighted by Crippen LogP contribution is 2.61. The molecule has 0 spiro atoms. The molecule has 0 aromatic heterocycles. The number of benzene rings is 1. The normalized spacial score (nSPS) is 32.6. The Hall–Kier alpha value is -2.30. The van der Waals surface area contributed by atoms with Gasteiger partial charge >= 0.3 is 12.1 Å². The van der Waals surface area contributed by atoms with Crippen molar-refractivity contribution in [2.75, 3.05) is 43.1 Å². The summed E-state index contributed by atoms with van der Waals surface area (Å²) in [6.45, 7) is 7.38. The maximum atomic E-state index is 13.2. The minimum absolute atomic E-state index is 0.0354. The summed E-state index contributed by atoms with van der Waals surface area (Å²) in [6, 6.07) is 6.47. The molecule has 0 radical (unpaired) electrons. The van der Waals surface area contributed by atoms with E-state index in [-0.39, 0.29) is 36.4 Å². The van der Waals surface area contributed by atoms with Crippen LogP contribution in [0.2, 0.25) is 0 Å². The lowest BCUT2D eigenvalue weighted by Gasteiger charge is -2.60. The van der Waals surface area contributed by atoms with E-state index in [4.69, 9.17) is 9.47 Å². The van der Waals surface area contributed by atoms with Crippen molar-refractivity contribution in [3.63, 3.8) is 0 Å². The molecular formula is C29H42N2O7S. The maximum absolute atomic E-state index is 13.2. The Balaban J connectivity index is 1.46. The van der Waals surface area contributed by atoms with Gasteiger partial charge in [-0.05, 0) is 68.1 Å². The van der Waals surface area contributed by atoms with Crippen LogP contribution in [0.1, 0.15) is 63.2 Å². The molecular weight excluding hydrogens is 520 g/mol. The van der Waals surface area contributed by atoms with Gasteiger partial charge in [0, 0.05) is 42.1 Å². The molecule has 1 aromatic rings. The third kappa shape index (κ3) is 6.23. The molecule has 2 aliphatic carbocycles. The lowest BCUT2D eigenvalue weighted by Crippen LogP contribution is -2.61. The Morgan fingerprint density at radius 3 is 2.59 bits per heavy atom. The Morgan fingerprint density at radius 2 is 1.90 bits per heavy atom. The van der Waals surface area contributed by atoms with Crippen LogP contribution in [0.4, 0.5) is 10.5 Å². The lowest BCUT2D eigenvalue weighted by molar-refractivity contribution is -0.186. The average Bonchev–Trinajstić information content (AvgIpc) is 2.93. The fourth-order valence-electron chi connectivity index (χ4n) is 7.12. The maximum Gasteiger partial charge on any atom is 0.411 e. The summed E-state index contributed by atoms with van der Waals surface area (Å²) in [5.41, 5.74) is -0.375. The summed E-state index contributed by atoms with van der Waals surface area (Å²) in [7, 11) is 0. The average molecular weight is 563 g/mol. The van der Waals surface area contributed by atoms with Crippen LogP contribution in [0.3, 0.4) is 0 Å². The molecule has 3 fully saturated rings. The quantitative estimate of drug-likeness (QED) is 0.427. The zero-order valence-corrected chi connectivity index (χ0v) is 24.0. The molecule has 0 bridgehead atoms. The molecule has 3 N–H and O–H groups in total. The van der Waals surface area contributed by atoms with E-state index < -0.39 is 29.7 Å².